The van der Waals surface area contributed by atoms with Crippen LogP contribution in [0, 0.1) is 10.8 Å². The number of ether oxygens (including phenoxy) is 3. The molecule has 10 amide bonds. The third-order valence-corrected chi connectivity index (χ3v) is 25.9. The third-order valence-electron chi connectivity index (χ3n) is 22.8. The van der Waals surface area contributed by atoms with E-state index < -0.39 is 173 Å². The van der Waals surface area contributed by atoms with Crippen LogP contribution in [0.2, 0.25) is 0 Å². The highest BCUT2D eigenvalue weighted by atomic mass is 32.2. The lowest BCUT2D eigenvalue weighted by molar-refractivity contribution is -0.144. The topological polar surface area (TPSA) is 437 Å². The van der Waals surface area contributed by atoms with E-state index in [2.05, 4.69) is 67.3 Å². The van der Waals surface area contributed by atoms with Crippen molar-refractivity contribution in [3.8, 4) is 11.5 Å². The summed E-state index contributed by atoms with van der Waals surface area (Å²) in [5, 5.41) is 34.0. The van der Waals surface area contributed by atoms with Gasteiger partial charge >= 0.3 is 0 Å². The van der Waals surface area contributed by atoms with E-state index in [0.717, 1.165) is 21.5 Å². The van der Waals surface area contributed by atoms with E-state index in [-0.39, 0.29) is 71.4 Å². The van der Waals surface area contributed by atoms with Crippen molar-refractivity contribution in [1.29, 1.82) is 0 Å². The fourth-order valence-corrected chi connectivity index (χ4v) is 17.5. The van der Waals surface area contributed by atoms with Gasteiger partial charge in [0.05, 0.1) is 42.3 Å². The molecule has 0 unspecified atom stereocenters. The second kappa shape index (κ2) is 39.8. The zero-order chi connectivity index (χ0) is 89.0. The lowest BCUT2D eigenvalue weighted by Gasteiger charge is -2.36. The molecular weight excluding hydrogens is 1630 g/mol. The first-order valence-corrected chi connectivity index (χ1v) is 44.8. The smallest absolute Gasteiger partial charge is 0.281 e. The van der Waals surface area contributed by atoms with Crippen LogP contribution in [0.5, 0.6) is 11.5 Å². The van der Waals surface area contributed by atoms with Crippen molar-refractivity contribution < 1.29 is 79.0 Å². The van der Waals surface area contributed by atoms with Crippen LogP contribution in [0.4, 0.5) is 0 Å². The number of amides is 10. The SMILES string of the molecule is CN[C@@H](C)C(=O)N[C@H](C(=O)N1C[C@@H]2C[C@H]1C(=O)N[C@@H](Cc1ccc3ccccc3c1)C(=O)N[C@H](C(=O)NS(=O)(=O)c1ccccn1)Cc1ccc(cc1)OCCCCO[C@H]1C[C@@H](C(=O)N[C@@H](Cc3ccc4ccccc4c3)C(=O)N[C@H](C(=O)NS(=O)(=O)C3CC3)Cc3ccc(cc3)OCc3cn2nn3)N(C(=O)[C@@H](NC(=O)[C@H](C)NC)C(C)(C)C)C1)C(C)(C)C. The average molecular weight is 1740 g/mol. The van der Waals surface area contributed by atoms with Gasteiger partial charge in [0, 0.05) is 64.4 Å². The minimum atomic E-state index is -4.66. The van der Waals surface area contributed by atoms with Crippen LogP contribution in [-0.4, -0.2) is 218 Å². The summed E-state index contributed by atoms with van der Waals surface area (Å²) in [6, 6.07) is 29.7. The summed E-state index contributed by atoms with van der Waals surface area (Å²) < 4.78 is 79.7. The van der Waals surface area contributed by atoms with Gasteiger partial charge in [-0.1, -0.05) is 162 Å². The van der Waals surface area contributed by atoms with E-state index in [1.807, 2.05) is 72.8 Å². The van der Waals surface area contributed by atoms with Gasteiger partial charge in [-0.25, -0.2) is 22.8 Å². The molecule has 6 aromatic carbocycles. The second-order valence-electron chi connectivity index (χ2n) is 34.4. The third kappa shape index (κ3) is 23.6. The molecule has 1 aliphatic carbocycles. The van der Waals surface area contributed by atoms with Gasteiger partial charge in [0.25, 0.3) is 21.8 Å². The number of likely N-dealkylation sites (N-methyl/N-ethyl adjacent to an activating group) is 2. The van der Waals surface area contributed by atoms with Crippen LogP contribution in [0.3, 0.4) is 0 Å². The summed E-state index contributed by atoms with van der Waals surface area (Å²) in [7, 11) is -5.65. The fraction of sp³-hybridized carbons (Fsp3) is 0.449. The van der Waals surface area contributed by atoms with E-state index >= 15 is 28.8 Å². The Bertz CT molecular complexity index is 5450. The molecule has 7 aliphatic rings. The van der Waals surface area contributed by atoms with Gasteiger partial charge in [0.1, 0.15) is 72.1 Å². The Morgan fingerprint density at radius 3 is 1.51 bits per heavy atom. The number of benzene rings is 6. The molecule has 8 heterocycles. The van der Waals surface area contributed by atoms with Crippen molar-refractivity contribution >= 4 is 101 Å². The molecule has 33 nitrogen and oxygen atoms in total. The number of hydrogen-bond acceptors (Lipinski definition) is 22. The summed E-state index contributed by atoms with van der Waals surface area (Å²) in [6.45, 7) is 13.7. The van der Waals surface area contributed by atoms with Gasteiger partial charge in [-0.15, -0.1) is 5.10 Å². The van der Waals surface area contributed by atoms with Crippen molar-refractivity contribution in [3.05, 3.63) is 192 Å². The lowest BCUT2D eigenvalue weighted by Crippen LogP contribution is -2.61. The molecule has 660 valence electrons. The maximum absolute atomic E-state index is 15.6. The minimum Gasteiger partial charge on any atom is -0.494 e. The number of rotatable bonds is 18. The normalized spacial score (nSPS) is 21.7. The molecule has 0 radical (unpaired) electrons. The maximum Gasteiger partial charge on any atom is 0.281 e. The van der Waals surface area contributed by atoms with Crippen LogP contribution < -0.4 is 61.5 Å². The summed E-state index contributed by atoms with van der Waals surface area (Å²) >= 11 is 0. The molecule has 2 aromatic heterocycles. The molecule has 35 heteroatoms. The van der Waals surface area contributed by atoms with Gasteiger partial charge in [-0.2, -0.15) is 8.42 Å². The maximum atomic E-state index is 15.6. The molecule has 2 saturated heterocycles. The number of carbonyl (C=O) groups excluding carboxylic acids is 10. The highest BCUT2D eigenvalue weighted by molar-refractivity contribution is 7.91. The standard InChI is InChI=1S/C89H110N16O17S2/c1-53(90-9)78(106)97-76(88(3,4)5)86(114)103-50-64-47-73(103)84(112)95-69(45-57-24-30-59-19-11-13-21-61(59)41-57)80(108)94-72(83(111)101-124(118,119)75-23-15-16-38-92-75)44-55-26-32-65(33-27-55)120-39-17-18-40-121-67-48-74(104(51-67)87(115)77(89(6,7)8)98-79(107)54(2)91-10)85(113)96-70(46-58-25-31-60-20-12-14-22-62(60)42-58)81(109)93-71(82(110)100-123(116,117)68-36-37-68)43-56-28-34-66(35-29-56)122-52-63-49-105(64)102-99-63/h11-16,19-35,38,41-42,49,53-54,64,67-74,76-77,90-91H,17-18,36-37,39-40,43-48,50-52H2,1-10H3,(H,93,109)(H,94,108)(H,95,112)(H,96,113)(H,97,106)(H,98,107)(H,100,110)(H,101,111)/t53-,54-,64-,67-,69-,70-,71-,72-,73-,74-,76+,77+/m0/s1. The second-order valence-corrected chi connectivity index (χ2v) is 38.0. The van der Waals surface area contributed by atoms with Crippen LogP contribution in [-0.2, 0) is 105 Å². The summed E-state index contributed by atoms with van der Waals surface area (Å²) in [6.07, 6.45) is 2.50. The van der Waals surface area contributed by atoms with Crippen LogP contribution in [0.15, 0.2) is 169 Å². The molecule has 15 rings (SSSR count). The van der Waals surface area contributed by atoms with Crippen LogP contribution in [0.25, 0.3) is 21.5 Å². The fourth-order valence-electron chi connectivity index (χ4n) is 15.2. The summed E-state index contributed by atoms with van der Waals surface area (Å²) in [5.74, 6) is -7.00. The molecule has 6 aliphatic heterocycles. The van der Waals surface area contributed by atoms with Crippen molar-refractivity contribution in [3.63, 3.8) is 0 Å². The number of fused-ring (bicyclic) bond motifs is 2. The summed E-state index contributed by atoms with van der Waals surface area (Å²) in [4.78, 5) is 156. The van der Waals surface area contributed by atoms with Gasteiger partial charge in [-0.05, 0) is 145 Å². The molecule has 1 saturated carbocycles. The largest absolute Gasteiger partial charge is 0.494 e. The number of hydrogen-bond donors (Lipinski definition) is 10. The Morgan fingerprint density at radius 1 is 0.540 bits per heavy atom. The highest BCUT2D eigenvalue weighted by Crippen LogP contribution is 2.34. The summed E-state index contributed by atoms with van der Waals surface area (Å²) in [5.41, 5.74) is 0.500. The molecule has 8 aromatic rings. The number of carbonyl (C=O) groups is 10. The quantitative estimate of drug-likeness (QED) is 0.0567. The Morgan fingerprint density at radius 2 is 1.02 bits per heavy atom. The van der Waals surface area contributed by atoms with Gasteiger partial charge in [-0.3, -0.25) is 52.7 Å². The van der Waals surface area contributed by atoms with Crippen molar-refractivity contribution in [2.24, 2.45) is 10.8 Å². The Hall–Kier alpha value is -11.8. The average Bonchev–Trinajstić information content (AvgIpc) is 1.63. The van der Waals surface area contributed by atoms with E-state index in [0.29, 0.717) is 65.1 Å². The zero-order valence-electron chi connectivity index (χ0n) is 71.1. The first kappa shape index (κ1) is 91.4. The Labute approximate surface area is 721 Å². The number of sulfonamides is 2. The van der Waals surface area contributed by atoms with Crippen molar-refractivity contribution in [2.75, 3.05) is 40.4 Å². The predicted octanol–water partition coefficient (Wildman–Crippen LogP) is 4.46. The monoisotopic (exact) mass is 1740 g/mol. The molecule has 12 atom stereocenters. The van der Waals surface area contributed by atoms with E-state index in [1.165, 1.54) is 38.9 Å². The number of aromatic nitrogens is 4. The predicted molar refractivity (Wildman–Crippen MR) is 461 cm³/mol. The van der Waals surface area contributed by atoms with Gasteiger partial charge < -0.3 is 66.5 Å². The highest BCUT2D eigenvalue weighted by Gasteiger charge is 2.49. The number of likely N-dealkylation sites (tertiary alicyclic amines) is 2. The lowest BCUT2D eigenvalue weighted by atomic mass is 9.85. The molecule has 3 fully saturated rings. The van der Waals surface area contributed by atoms with Crippen molar-refractivity contribution in [2.45, 2.75) is 209 Å². The molecule has 0 spiro atoms. The van der Waals surface area contributed by atoms with E-state index in [1.54, 1.807) is 136 Å². The first-order chi connectivity index (χ1) is 59.0. The number of pyridine rings is 1. The van der Waals surface area contributed by atoms with Gasteiger partial charge in [0.15, 0.2) is 5.03 Å². The molecule has 10 bridgehead atoms. The van der Waals surface area contributed by atoms with Gasteiger partial charge in [0.2, 0.25) is 57.3 Å². The van der Waals surface area contributed by atoms with Crippen molar-refractivity contribution in [1.82, 2.24) is 81.8 Å². The van der Waals surface area contributed by atoms with E-state index in [9.17, 15) is 36.0 Å². The van der Waals surface area contributed by atoms with Crippen LogP contribution in [0.1, 0.15) is 128 Å². The number of nitrogens with one attached hydrogen (secondary N) is 10. The molecule has 124 heavy (non-hydrogen) atoms. The Kier molecular flexibility index (Phi) is 29.3. The first-order valence-electron chi connectivity index (χ1n) is 41.7. The molecule has 10 N–H and O–H groups in total. The number of nitrogens with zero attached hydrogens (tertiary/aromatic N) is 6. The van der Waals surface area contributed by atoms with E-state index in [4.69, 9.17) is 14.2 Å². The molecular formula is C89H110N16O17S2. The van der Waals surface area contributed by atoms with Crippen LogP contribution >= 0.6 is 0 Å². The Balaban J connectivity index is 0.886. The zero-order valence-corrected chi connectivity index (χ0v) is 72.8. The minimum absolute atomic E-state index is 0.0519.